The molecule has 3 N–H and O–H groups in total. The van der Waals surface area contributed by atoms with Gasteiger partial charge in [0.25, 0.3) is 11.5 Å². The average molecular weight is 485 g/mol. The van der Waals surface area contributed by atoms with Gasteiger partial charge in [0.15, 0.2) is 5.65 Å². The first-order valence-electron chi connectivity index (χ1n) is 11.8. The molecule has 1 unspecified atom stereocenters. The highest BCUT2D eigenvalue weighted by Gasteiger charge is 2.27. The second kappa shape index (κ2) is 10.2. The number of carbonyl (C=O) groups excluding carboxylic acids is 1. The highest BCUT2D eigenvalue weighted by molar-refractivity contribution is 6.31. The van der Waals surface area contributed by atoms with Crippen LogP contribution in [0.5, 0.6) is 0 Å². The quantitative estimate of drug-likeness (QED) is 0.473. The summed E-state index contributed by atoms with van der Waals surface area (Å²) in [6, 6.07) is 6.21. The van der Waals surface area contributed by atoms with Crippen LogP contribution in [-0.2, 0) is 6.54 Å². The predicted molar refractivity (Wildman–Crippen MR) is 136 cm³/mol. The van der Waals surface area contributed by atoms with Crippen molar-refractivity contribution < 1.29 is 4.79 Å². The molecule has 2 aromatic heterocycles. The van der Waals surface area contributed by atoms with E-state index in [2.05, 4.69) is 46.6 Å². The molecule has 0 spiro atoms. The van der Waals surface area contributed by atoms with E-state index in [-0.39, 0.29) is 24.1 Å². The van der Waals surface area contributed by atoms with E-state index in [0.29, 0.717) is 33.8 Å². The summed E-state index contributed by atoms with van der Waals surface area (Å²) in [4.78, 5) is 31.9. The van der Waals surface area contributed by atoms with Crippen molar-refractivity contribution in [2.45, 2.75) is 58.2 Å². The summed E-state index contributed by atoms with van der Waals surface area (Å²) in [5.41, 5.74) is 2.83. The minimum Gasteiger partial charge on any atom is -0.382 e. The fourth-order valence-corrected chi connectivity index (χ4v) is 5.15. The van der Waals surface area contributed by atoms with Gasteiger partial charge in [0.05, 0.1) is 12.1 Å². The maximum atomic E-state index is 13.1. The monoisotopic (exact) mass is 484 g/mol. The highest BCUT2D eigenvalue weighted by Crippen LogP contribution is 2.32. The Kier molecular flexibility index (Phi) is 7.28. The third-order valence-corrected chi connectivity index (χ3v) is 7.34. The number of fused-ring (bicyclic) bond motifs is 1. The average Bonchev–Trinajstić information content (AvgIpc) is 3.14. The molecule has 1 fully saturated rings. The number of carbonyl (C=O) groups is 1. The van der Waals surface area contributed by atoms with Gasteiger partial charge in [0.1, 0.15) is 0 Å². The summed E-state index contributed by atoms with van der Waals surface area (Å²) in [6.07, 6.45) is 8.09. The lowest BCUT2D eigenvalue weighted by molar-refractivity contribution is 0.0950. The van der Waals surface area contributed by atoms with Crippen LogP contribution in [0.1, 0.15) is 54.1 Å². The zero-order valence-corrected chi connectivity index (χ0v) is 20.9. The van der Waals surface area contributed by atoms with Crippen LogP contribution in [0.3, 0.4) is 0 Å². The Balaban J connectivity index is 1.46. The summed E-state index contributed by atoms with van der Waals surface area (Å²) < 4.78 is 1.55. The molecule has 34 heavy (non-hydrogen) atoms. The third kappa shape index (κ3) is 5.13. The second-order valence-electron chi connectivity index (χ2n) is 9.51. The molecule has 0 aliphatic heterocycles. The molecule has 1 aliphatic carbocycles. The molecule has 1 amide bonds. The Morgan fingerprint density at radius 2 is 2.03 bits per heavy atom. The summed E-state index contributed by atoms with van der Waals surface area (Å²) in [5, 5.41) is 9.67. The van der Waals surface area contributed by atoms with Crippen molar-refractivity contribution in [1.29, 1.82) is 0 Å². The number of hydrogen-bond donors (Lipinski definition) is 3. The molecular weight excluding hydrogens is 452 g/mol. The van der Waals surface area contributed by atoms with Crippen molar-refractivity contribution in [2.75, 3.05) is 19.4 Å². The number of nitrogens with zero attached hydrogens (tertiary/aromatic N) is 3. The van der Waals surface area contributed by atoms with Gasteiger partial charge in [-0.3, -0.25) is 14.7 Å². The number of aromatic amines is 1. The van der Waals surface area contributed by atoms with Gasteiger partial charge in [-0.15, -0.1) is 0 Å². The number of anilines is 1. The van der Waals surface area contributed by atoms with E-state index in [1.54, 1.807) is 29.0 Å². The maximum absolute atomic E-state index is 13.1. The Hall–Kier alpha value is -2.84. The smallest absolute Gasteiger partial charge is 0.271 e. The SMILES string of the molecule is Cc1c(NC(C)[C@H]2CC[C@H](N(C)C)CC2)cc(Cl)cc1C(=O)NCc1c(=O)[nH]n2cccnc12. The van der Waals surface area contributed by atoms with Gasteiger partial charge in [-0.1, -0.05) is 11.6 Å². The topological polar surface area (TPSA) is 94.5 Å². The first kappa shape index (κ1) is 24.3. The van der Waals surface area contributed by atoms with E-state index in [0.717, 1.165) is 11.3 Å². The molecule has 3 aromatic rings. The predicted octanol–water partition coefficient (Wildman–Crippen LogP) is 3.84. The van der Waals surface area contributed by atoms with Gasteiger partial charge in [-0.05, 0) is 83.3 Å². The van der Waals surface area contributed by atoms with Crippen LogP contribution in [0.2, 0.25) is 5.02 Å². The molecule has 0 saturated heterocycles. The van der Waals surface area contributed by atoms with Crippen molar-refractivity contribution in [3.63, 3.8) is 0 Å². The number of rotatable bonds is 7. The third-order valence-electron chi connectivity index (χ3n) is 7.12. The van der Waals surface area contributed by atoms with Gasteiger partial charge in [0, 0.05) is 40.8 Å². The van der Waals surface area contributed by atoms with Gasteiger partial charge in [-0.2, -0.15) is 0 Å². The molecule has 2 heterocycles. The number of aromatic nitrogens is 3. The first-order valence-corrected chi connectivity index (χ1v) is 12.2. The molecule has 182 valence electrons. The lowest BCUT2D eigenvalue weighted by Gasteiger charge is -2.36. The van der Waals surface area contributed by atoms with Crippen molar-refractivity contribution in [1.82, 2.24) is 24.8 Å². The van der Waals surface area contributed by atoms with Crippen LogP contribution in [0.4, 0.5) is 5.69 Å². The van der Waals surface area contributed by atoms with E-state index in [4.69, 9.17) is 11.6 Å². The lowest BCUT2D eigenvalue weighted by Crippen LogP contribution is -2.36. The van der Waals surface area contributed by atoms with Crippen LogP contribution in [0.15, 0.2) is 35.4 Å². The fraction of sp³-hybridized carbons (Fsp3) is 0.480. The summed E-state index contributed by atoms with van der Waals surface area (Å²) >= 11 is 6.40. The van der Waals surface area contributed by atoms with Crippen LogP contribution in [0.25, 0.3) is 5.65 Å². The number of amides is 1. The minimum absolute atomic E-state index is 0.0713. The van der Waals surface area contributed by atoms with Gasteiger partial charge in [0.2, 0.25) is 0 Å². The van der Waals surface area contributed by atoms with Crippen LogP contribution >= 0.6 is 11.6 Å². The highest BCUT2D eigenvalue weighted by atomic mass is 35.5. The maximum Gasteiger partial charge on any atom is 0.271 e. The van der Waals surface area contributed by atoms with Crippen LogP contribution in [0, 0.1) is 12.8 Å². The summed E-state index contributed by atoms with van der Waals surface area (Å²) in [5.74, 6) is 0.297. The molecule has 1 saturated carbocycles. The van der Waals surface area contributed by atoms with Crippen LogP contribution < -0.4 is 16.2 Å². The van der Waals surface area contributed by atoms with Crippen molar-refractivity contribution >= 4 is 28.8 Å². The Labute approximate surface area is 204 Å². The standard InChI is InChI=1S/C25H33ClN6O2/c1-15-20(24(33)28-14-21-23-27-10-5-11-32(23)30-25(21)34)12-18(26)13-22(15)29-16(2)17-6-8-19(9-7-17)31(3)4/h5,10-13,16-17,19,29H,6-9,14H2,1-4H3,(H,28,33)(H,30,34)/t16?,17-,19-. The zero-order valence-electron chi connectivity index (χ0n) is 20.2. The lowest BCUT2D eigenvalue weighted by atomic mass is 9.81. The first-order chi connectivity index (χ1) is 16.2. The second-order valence-corrected chi connectivity index (χ2v) is 9.94. The zero-order chi connectivity index (χ0) is 24.4. The largest absolute Gasteiger partial charge is 0.382 e. The Bertz CT molecular complexity index is 1230. The van der Waals surface area contributed by atoms with E-state index in [9.17, 15) is 9.59 Å². The molecular formula is C25H33ClN6O2. The molecule has 1 atom stereocenters. The molecule has 1 aliphatic rings. The van der Waals surface area contributed by atoms with E-state index < -0.39 is 0 Å². The van der Waals surface area contributed by atoms with Gasteiger partial charge < -0.3 is 15.5 Å². The molecule has 1 aromatic carbocycles. The van der Waals surface area contributed by atoms with E-state index in [1.807, 2.05) is 13.0 Å². The van der Waals surface area contributed by atoms with Crippen molar-refractivity contribution in [3.05, 3.63) is 62.7 Å². The van der Waals surface area contributed by atoms with E-state index in [1.165, 1.54) is 25.7 Å². The van der Waals surface area contributed by atoms with Gasteiger partial charge in [-0.25, -0.2) is 9.50 Å². The number of halogens is 1. The number of hydrogen-bond acceptors (Lipinski definition) is 5. The summed E-state index contributed by atoms with van der Waals surface area (Å²) in [7, 11) is 4.31. The molecule has 8 nitrogen and oxygen atoms in total. The Morgan fingerprint density at radius 1 is 1.29 bits per heavy atom. The van der Waals surface area contributed by atoms with E-state index >= 15 is 0 Å². The number of nitrogens with one attached hydrogen (secondary N) is 3. The van der Waals surface area contributed by atoms with Crippen molar-refractivity contribution in [3.8, 4) is 0 Å². The molecule has 4 rings (SSSR count). The molecule has 0 radical (unpaired) electrons. The summed E-state index contributed by atoms with van der Waals surface area (Å²) in [6.45, 7) is 4.20. The molecule has 9 heteroatoms. The number of H-pyrrole nitrogens is 1. The van der Waals surface area contributed by atoms with Crippen molar-refractivity contribution in [2.24, 2.45) is 5.92 Å². The minimum atomic E-state index is -0.281. The van der Waals surface area contributed by atoms with Gasteiger partial charge >= 0.3 is 0 Å². The normalized spacial score (nSPS) is 19.4. The Morgan fingerprint density at radius 3 is 2.74 bits per heavy atom. The molecule has 0 bridgehead atoms. The number of benzene rings is 1. The van der Waals surface area contributed by atoms with Crippen LogP contribution in [-0.4, -0.2) is 51.6 Å². The fourth-order valence-electron chi connectivity index (χ4n) is 4.93.